The zero-order valence-electron chi connectivity index (χ0n) is 12.5. The molecule has 4 rings (SSSR count). The fourth-order valence-corrected chi connectivity index (χ4v) is 2.85. The third kappa shape index (κ3) is 2.21. The highest BCUT2D eigenvalue weighted by atomic mass is 15.0. The van der Waals surface area contributed by atoms with Crippen molar-refractivity contribution in [2.75, 3.05) is 5.32 Å². The van der Waals surface area contributed by atoms with Gasteiger partial charge in [0.15, 0.2) is 0 Å². The molecule has 4 aromatic rings. The number of hydrogen-bond acceptors (Lipinski definition) is 2. The van der Waals surface area contributed by atoms with Crippen LogP contribution >= 0.6 is 0 Å². The van der Waals surface area contributed by atoms with Gasteiger partial charge >= 0.3 is 0 Å². The molecule has 0 atom stereocenters. The first kappa shape index (κ1) is 12.9. The number of fused-ring (bicyclic) bond motifs is 2. The van der Waals surface area contributed by atoms with E-state index in [4.69, 9.17) is 0 Å². The van der Waals surface area contributed by atoms with Crippen LogP contribution in [0.1, 0.15) is 11.4 Å². The fraction of sp³-hybridized carbons (Fsp3) is 0.105. The number of hydrogen-bond donors (Lipinski definition) is 1. The van der Waals surface area contributed by atoms with E-state index in [0.29, 0.717) is 0 Å². The van der Waals surface area contributed by atoms with Crippen molar-refractivity contribution in [3.8, 4) is 0 Å². The molecule has 0 saturated carbocycles. The van der Waals surface area contributed by atoms with Gasteiger partial charge in [-0.1, -0.05) is 42.5 Å². The minimum Gasteiger partial charge on any atom is -0.379 e. The molecule has 2 aromatic carbocycles. The Labute approximate surface area is 129 Å². The first-order valence-corrected chi connectivity index (χ1v) is 7.46. The number of benzene rings is 2. The lowest BCUT2D eigenvalue weighted by Gasteiger charge is -2.08. The lowest BCUT2D eigenvalue weighted by Crippen LogP contribution is -2.00. The summed E-state index contributed by atoms with van der Waals surface area (Å²) in [5.74, 6) is 0. The summed E-state index contributed by atoms with van der Waals surface area (Å²) in [6.07, 6.45) is 2.10. The van der Waals surface area contributed by atoms with E-state index in [1.807, 2.05) is 12.1 Å². The molecule has 3 heteroatoms. The van der Waals surface area contributed by atoms with E-state index in [1.54, 1.807) is 0 Å². The first-order chi connectivity index (χ1) is 10.8. The van der Waals surface area contributed by atoms with Gasteiger partial charge in [0.2, 0.25) is 0 Å². The molecule has 0 unspecified atom stereocenters. The third-order valence-corrected chi connectivity index (χ3v) is 4.00. The van der Waals surface area contributed by atoms with E-state index in [1.165, 1.54) is 16.5 Å². The zero-order valence-corrected chi connectivity index (χ0v) is 12.5. The van der Waals surface area contributed by atoms with Crippen molar-refractivity contribution in [1.82, 2.24) is 9.38 Å². The molecule has 0 radical (unpaired) electrons. The Morgan fingerprint density at radius 2 is 1.77 bits per heavy atom. The number of rotatable bonds is 3. The van der Waals surface area contributed by atoms with Crippen LogP contribution in [0.3, 0.4) is 0 Å². The quantitative estimate of drug-likeness (QED) is 0.605. The predicted octanol–water partition coefficient (Wildman–Crippen LogP) is 4.41. The van der Waals surface area contributed by atoms with Crippen LogP contribution in [-0.4, -0.2) is 9.38 Å². The van der Waals surface area contributed by atoms with Crippen LogP contribution in [0.5, 0.6) is 0 Å². The third-order valence-electron chi connectivity index (χ3n) is 4.00. The van der Waals surface area contributed by atoms with Crippen molar-refractivity contribution in [1.29, 1.82) is 0 Å². The number of imidazole rings is 1. The molecule has 0 saturated heterocycles. The van der Waals surface area contributed by atoms with Gasteiger partial charge in [-0.2, -0.15) is 0 Å². The highest BCUT2D eigenvalue weighted by molar-refractivity contribution is 5.93. The lowest BCUT2D eigenvalue weighted by atomic mass is 10.1. The van der Waals surface area contributed by atoms with E-state index in [9.17, 15) is 0 Å². The van der Waals surface area contributed by atoms with Crippen molar-refractivity contribution in [2.45, 2.75) is 13.5 Å². The standard InChI is InChI=1S/C19H17N3/c1-14-6-4-11-19-21-16(13-22(14)19)12-20-18-10-5-8-15-7-2-3-9-17(15)18/h2-11,13,20H,12H2,1H3. The summed E-state index contributed by atoms with van der Waals surface area (Å²) < 4.78 is 2.13. The van der Waals surface area contributed by atoms with E-state index in [0.717, 1.165) is 23.6 Å². The summed E-state index contributed by atoms with van der Waals surface area (Å²) in [5, 5.41) is 6.00. The Bertz CT molecular complexity index is 948. The van der Waals surface area contributed by atoms with Gasteiger partial charge < -0.3 is 9.72 Å². The zero-order chi connectivity index (χ0) is 14.9. The second kappa shape index (κ2) is 5.19. The summed E-state index contributed by atoms with van der Waals surface area (Å²) in [5.41, 5.74) is 4.38. The molecular weight excluding hydrogens is 270 g/mol. The molecule has 0 spiro atoms. The number of nitrogens with zero attached hydrogens (tertiary/aromatic N) is 2. The molecule has 0 aliphatic rings. The largest absolute Gasteiger partial charge is 0.379 e. The fourth-order valence-electron chi connectivity index (χ4n) is 2.85. The molecule has 0 bridgehead atoms. The number of aromatic nitrogens is 2. The molecular formula is C19H17N3. The minimum absolute atomic E-state index is 0.717. The Morgan fingerprint density at radius 1 is 0.955 bits per heavy atom. The summed E-state index contributed by atoms with van der Waals surface area (Å²) in [4.78, 5) is 4.67. The smallest absolute Gasteiger partial charge is 0.137 e. The van der Waals surface area contributed by atoms with Crippen LogP contribution in [0.2, 0.25) is 0 Å². The molecule has 22 heavy (non-hydrogen) atoms. The monoisotopic (exact) mass is 287 g/mol. The van der Waals surface area contributed by atoms with Crippen molar-refractivity contribution in [3.63, 3.8) is 0 Å². The van der Waals surface area contributed by atoms with Gasteiger partial charge in [-0.15, -0.1) is 0 Å². The Kier molecular flexibility index (Phi) is 3.04. The molecule has 0 aliphatic carbocycles. The molecule has 0 fully saturated rings. The van der Waals surface area contributed by atoms with Gasteiger partial charge in [-0.3, -0.25) is 0 Å². The lowest BCUT2D eigenvalue weighted by molar-refractivity contribution is 1.07. The minimum atomic E-state index is 0.717. The van der Waals surface area contributed by atoms with Crippen molar-refractivity contribution >= 4 is 22.1 Å². The van der Waals surface area contributed by atoms with Crippen molar-refractivity contribution in [2.24, 2.45) is 0 Å². The van der Waals surface area contributed by atoms with E-state index < -0.39 is 0 Å². The summed E-state index contributed by atoms with van der Waals surface area (Å²) in [7, 11) is 0. The number of aryl methyl sites for hydroxylation is 1. The molecule has 2 aromatic heterocycles. The van der Waals surface area contributed by atoms with Crippen LogP contribution < -0.4 is 5.32 Å². The maximum Gasteiger partial charge on any atom is 0.137 e. The van der Waals surface area contributed by atoms with E-state index in [2.05, 4.69) is 76.4 Å². The molecule has 3 nitrogen and oxygen atoms in total. The Balaban J connectivity index is 1.64. The molecule has 0 aliphatic heterocycles. The second-order valence-corrected chi connectivity index (χ2v) is 5.51. The average molecular weight is 287 g/mol. The van der Waals surface area contributed by atoms with Gasteiger partial charge in [0.1, 0.15) is 5.65 Å². The molecule has 0 amide bonds. The maximum absolute atomic E-state index is 4.67. The van der Waals surface area contributed by atoms with Gasteiger partial charge in [0, 0.05) is 23.0 Å². The molecule has 1 N–H and O–H groups in total. The Morgan fingerprint density at radius 3 is 2.68 bits per heavy atom. The maximum atomic E-state index is 4.67. The predicted molar refractivity (Wildman–Crippen MR) is 91.2 cm³/mol. The van der Waals surface area contributed by atoms with Gasteiger partial charge in [0.25, 0.3) is 0 Å². The first-order valence-electron chi connectivity index (χ1n) is 7.46. The topological polar surface area (TPSA) is 29.3 Å². The van der Waals surface area contributed by atoms with Crippen molar-refractivity contribution < 1.29 is 0 Å². The normalized spacial score (nSPS) is 11.1. The highest BCUT2D eigenvalue weighted by Crippen LogP contribution is 2.23. The summed E-state index contributed by atoms with van der Waals surface area (Å²) in [6, 6.07) is 20.9. The van der Waals surface area contributed by atoms with Crippen LogP contribution in [-0.2, 0) is 6.54 Å². The van der Waals surface area contributed by atoms with Crippen LogP contribution in [0.4, 0.5) is 5.69 Å². The average Bonchev–Trinajstić information content (AvgIpc) is 2.97. The van der Waals surface area contributed by atoms with Gasteiger partial charge in [-0.25, -0.2) is 4.98 Å². The number of pyridine rings is 1. The van der Waals surface area contributed by atoms with Crippen molar-refractivity contribution in [3.05, 3.63) is 78.2 Å². The number of nitrogens with one attached hydrogen (secondary N) is 1. The summed E-state index contributed by atoms with van der Waals surface area (Å²) >= 11 is 0. The second-order valence-electron chi connectivity index (χ2n) is 5.51. The van der Waals surface area contributed by atoms with E-state index >= 15 is 0 Å². The highest BCUT2D eigenvalue weighted by Gasteiger charge is 2.04. The molecule has 2 heterocycles. The number of anilines is 1. The molecule has 108 valence electrons. The van der Waals surface area contributed by atoms with Crippen LogP contribution in [0.15, 0.2) is 66.9 Å². The van der Waals surface area contributed by atoms with Gasteiger partial charge in [-0.05, 0) is 30.5 Å². The Hall–Kier alpha value is -2.81. The SMILES string of the molecule is Cc1cccc2nc(CNc3cccc4ccccc34)cn12. The van der Waals surface area contributed by atoms with Crippen LogP contribution in [0, 0.1) is 6.92 Å². The summed E-state index contributed by atoms with van der Waals surface area (Å²) in [6.45, 7) is 2.81. The van der Waals surface area contributed by atoms with Gasteiger partial charge in [0.05, 0.1) is 12.2 Å². The van der Waals surface area contributed by atoms with Crippen LogP contribution in [0.25, 0.3) is 16.4 Å². The van der Waals surface area contributed by atoms with E-state index in [-0.39, 0.29) is 0 Å².